The molecule has 13 heteroatoms. The highest BCUT2D eigenvalue weighted by atomic mass is 32.2. The van der Waals surface area contributed by atoms with Crippen molar-refractivity contribution < 1.29 is 17.5 Å². The van der Waals surface area contributed by atoms with Crippen LogP contribution in [0.3, 0.4) is 0 Å². The minimum Gasteiger partial charge on any atom is -0.378 e. The number of anilines is 1. The van der Waals surface area contributed by atoms with Crippen LogP contribution >= 0.6 is 0 Å². The zero-order valence-electron chi connectivity index (χ0n) is 15.1. The Hall–Kier alpha value is -3.03. The Kier molecular flexibility index (Phi) is 5.42. The molecule has 152 valence electrons. The topological polar surface area (TPSA) is 139 Å². The molecular weight excluding hydrogens is 403 g/mol. The van der Waals surface area contributed by atoms with Crippen molar-refractivity contribution in [2.24, 2.45) is 0 Å². The second-order valence-corrected chi connectivity index (χ2v) is 7.92. The molecule has 1 saturated heterocycles. The molecule has 1 aromatic carbocycles. The average molecular weight is 420 g/mol. The standard InChI is InChI=1S/C16H17FN8O3S/c17-14-2-1-12(9-13(14)15-21-23-24-22-15)29(26,27)19-10-11-3-4-18-16(20-11)25-5-7-28-8-6-25/h1-4,9,19H,5-8,10H2,(H,21,22,23,24). The maximum atomic E-state index is 14.0. The summed E-state index contributed by atoms with van der Waals surface area (Å²) in [4.78, 5) is 10.5. The molecule has 2 aromatic heterocycles. The van der Waals surface area contributed by atoms with E-state index in [-0.39, 0.29) is 22.8 Å². The average Bonchev–Trinajstić information content (AvgIpc) is 3.28. The number of ether oxygens (including phenoxy) is 1. The smallest absolute Gasteiger partial charge is 0.240 e. The van der Waals surface area contributed by atoms with Gasteiger partial charge in [-0.25, -0.2) is 27.5 Å². The fourth-order valence-corrected chi connectivity index (χ4v) is 3.79. The van der Waals surface area contributed by atoms with Gasteiger partial charge in [-0.1, -0.05) is 0 Å². The molecule has 0 unspecified atom stereocenters. The normalized spacial score (nSPS) is 14.9. The molecule has 3 heterocycles. The lowest BCUT2D eigenvalue weighted by atomic mass is 10.2. The molecule has 11 nitrogen and oxygen atoms in total. The molecule has 1 aliphatic rings. The van der Waals surface area contributed by atoms with E-state index in [1.165, 1.54) is 6.07 Å². The molecule has 3 aromatic rings. The van der Waals surface area contributed by atoms with E-state index in [1.807, 2.05) is 4.90 Å². The summed E-state index contributed by atoms with van der Waals surface area (Å²) in [5, 5.41) is 12.9. The van der Waals surface area contributed by atoms with E-state index in [2.05, 4.69) is 35.3 Å². The van der Waals surface area contributed by atoms with Crippen molar-refractivity contribution in [2.45, 2.75) is 11.4 Å². The lowest BCUT2D eigenvalue weighted by Gasteiger charge is -2.26. The van der Waals surface area contributed by atoms with E-state index in [9.17, 15) is 12.8 Å². The van der Waals surface area contributed by atoms with Crippen molar-refractivity contribution in [3.05, 3.63) is 42.0 Å². The summed E-state index contributed by atoms with van der Waals surface area (Å²) in [5.41, 5.74) is 0.434. The maximum Gasteiger partial charge on any atom is 0.240 e. The minimum absolute atomic E-state index is 0.0366. The first kappa shape index (κ1) is 19.3. The summed E-state index contributed by atoms with van der Waals surface area (Å²) in [6, 6.07) is 4.99. The number of nitrogens with zero attached hydrogens (tertiary/aromatic N) is 6. The third kappa shape index (κ3) is 4.36. The number of rotatable bonds is 6. The van der Waals surface area contributed by atoms with Crippen molar-refractivity contribution in [1.29, 1.82) is 0 Å². The number of halogens is 1. The van der Waals surface area contributed by atoms with Gasteiger partial charge in [0.05, 0.1) is 35.9 Å². The van der Waals surface area contributed by atoms with Gasteiger partial charge in [0.2, 0.25) is 21.8 Å². The largest absolute Gasteiger partial charge is 0.378 e. The number of hydrogen-bond donors (Lipinski definition) is 2. The third-order valence-corrected chi connectivity index (χ3v) is 5.67. The molecule has 0 atom stereocenters. The zero-order valence-corrected chi connectivity index (χ0v) is 15.9. The first-order chi connectivity index (χ1) is 14.0. The van der Waals surface area contributed by atoms with Crippen molar-refractivity contribution in [1.82, 2.24) is 35.3 Å². The SMILES string of the molecule is O=S(=O)(NCc1ccnc(N2CCOCC2)n1)c1ccc(F)c(-c2nn[nH]n2)c1. The van der Waals surface area contributed by atoms with E-state index < -0.39 is 15.8 Å². The quantitative estimate of drug-likeness (QED) is 0.569. The Bertz CT molecular complexity index is 1090. The molecule has 1 fully saturated rings. The second-order valence-electron chi connectivity index (χ2n) is 6.15. The Morgan fingerprint density at radius 2 is 2.07 bits per heavy atom. The van der Waals surface area contributed by atoms with Gasteiger partial charge in [0.25, 0.3) is 0 Å². The van der Waals surface area contributed by atoms with Gasteiger partial charge >= 0.3 is 0 Å². The van der Waals surface area contributed by atoms with Gasteiger partial charge in [-0.05, 0) is 29.5 Å². The minimum atomic E-state index is -3.92. The van der Waals surface area contributed by atoms with Crippen molar-refractivity contribution >= 4 is 16.0 Å². The number of nitrogens with one attached hydrogen (secondary N) is 2. The molecule has 29 heavy (non-hydrogen) atoms. The summed E-state index contributed by atoms with van der Waals surface area (Å²) in [5.74, 6) is -0.173. The van der Waals surface area contributed by atoms with Crippen LogP contribution in [0.4, 0.5) is 10.3 Å². The number of sulfonamides is 1. The molecule has 2 N–H and O–H groups in total. The van der Waals surface area contributed by atoms with Crippen LogP contribution in [0, 0.1) is 5.82 Å². The molecule has 0 saturated carbocycles. The molecule has 4 rings (SSSR count). The highest BCUT2D eigenvalue weighted by molar-refractivity contribution is 7.89. The number of aromatic nitrogens is 6. The number of aromatic amines is 1. The lowest BCUT2D eigenvalue weighted by Crippen LogP contribution is -2.37. The van der Waals surface area contributed by atoms with E-state index in [0.29, 0.717) is 37.9 Å². The molecule has 0 aliphatic carbocycles. The predicted octanol–water partition coefficient (Wildman–Crippen LogP) is 0.111. The van der Waals surface area contributed by atoms with Crippen LogP contribution in [0.5, 0.6) is 0 Å². The Labute approximate surface area is 165 Å². The van der Waals surface area contributed by atoms with E-state index in [0.717, 1.165) is 12.1 Å². The van der Waals surface area contributed by atoms with Crippen molar-refractivity contribution in [3.8, 4) is 11.4 Å². The summed E-state index contributed by atoms with van der Waals surface area (Å²) in [7, 11) is -3.92. The van der Waals surface area contributed by atoms with Crippen LogP contribution in [0.15, 0.2) is 35.4 Å². The van der Waals surface area contributed by atoms with Gasteiger partial charge in [-0.15, -0.1) is 10.2 Å². The molecule has 0 amide bonds. The summed E-state index contributed by atoms with van der Waals surface area (Å²) >= 11 is 0. The van der Waals surface area contributed by atoms with Crippen molar-refractivity contribution in [3.63, 3.8) is 0 Å². The highest BCUT2D eigenvalue weighted by Crippen LogP contribution is 2.22. The summed E-state index contributed by atoms with van der Waals surface area (Å²) in [6.45, 7) is 2.48. The molecule has 0 bridgehead atoms. The maximum absolute atomic E-state index is 14.0. The number of hydrogen-bond acceptors (Lipinski definition) is 9. The molecule has 0 spiro atoms. The fourth-order valence-electron chi connectivity index (χ4n) is 2.77. The van der Waals surface area contributed by atoms with Gasteiger partial charge < -0.3 is 9.64 Å². The van der Waals surface area contributed by atoms with Crippen LogP contribution in [-0.2, 0) is 21.3 Å². The lowest BCUT2D eigenvalue weighted by molar-refractivity contribution is 0.122. The van der Waals surface area contributed by atoms with Crippen LogP contribution in [-0.4, -0.2) is 65.3 Å². The Morgan fingerprint density at radius 3 is 2.83 bits per heavy atom. The summed E-state index contributed by atoms with van der Waals surface area (Å²) in [6.07, 6.45) is 1.58. The molecule has 0 radical (unpaired) electrons. The number of morpholine rings is 1. The van der Waals surface area contributed by atoms with Crippen molar-refractivity contribution in [2.75, 3.05) is 31.2 Å². The molecule has 1 aliphatic heterocycles. The predicted molar refractivity (Wildman–Crippen MR) is 98.7 cm³/mol. The monoisotopic (exact) mass is 420 g/mol. The first-order valence-electron chi connectivity index (χ1n) is 8.70. The zero-order chi connectivity index (χ0) is 20.3. The van der Waals surface area contributed by atoms with Crippen LogP contribution in [0.1, 0.15) is 5.69 Å². The second kappa shape index (κ2) is 8.14. The van der Waals surface area contributed by atoms with E-state index >= 15 is 0 Å². The first-order valence-corrected chi connectivity index (χ1v) is 10.2. The summed E-state index contributed by atoms with van der Waals surface area (Å²) < 4.78 is 47.1. The van der Waals surface area contributed by atoms with Crippen LogP contribution in [0.25, 0.3) is 11.4 Å². The number of tetrazole rings is 1. The van der Waals surface area contributed by atoms with Gasteiger partial charge in [0, 0.05) is 19.3 Å². The number of benzene rings is 1. The van der Waals surface area contributed by atoms with Crippen LogP contribution < -0.4 is 9.62 Å². The van der Waals surface area contributed by atoms with Crippen LogP contribution in [0.2, 0.25) is 0 Å². The fraction of sp³-hybridized carbons (Fsp3) is 0.312. The van der Waals surface area contributed by atoms with E-state index in [4.69, 9.17) is 4.74 Å². The Balaban J connectivity index is 1.50. The number of H-pyrrole nitrogens is 1. The highest BCUT2D eigenvalue weighted by Gasteiger charge is 2.19. The van der Waals surface area contributed by atoms with Gasteiger partial charge in [-0.2, -0.15) is 5.21 Å². The van der Waals surface area contributed by atoms with Gasteiger partial charge in [-0.3, -0.25) is 0 Å². The third-order valence-electron chi connectivity index (χ3n) is 4.27. The van der Waals surface area contributed by atoms with E-state index in [1.54, 1.807) is 12.3 Å². The van der Waals surface area contributed by atoms with Gasteiger partial charge in [0.15, 0.2) is 0 Å². The molecular formula is C16H17FN8O3S. The Morgan fingerprint density at radius 1 is 1.24 bits per heavy atom. The van der Waals surface area contributed by atoms with Gasteiger partial charge in [0.1, 0.15) is 5.82 Å².